The predicted molar refractivity (Wildman–Crippen MR) is 120 cm³/mol. The number of carbonyl (C=O) groups excluding carboxylic acids is 1. The van der Waals surface area contributed by atoms with Gasteiger partial charge in [0, 0.05) is 10.4 Å². The molecule has 0 spiro atoms. The van der Waals surface area contributed by atoms with E-state index in [1.807, 2.05) is 42.5 Å². The minimum Gasteiger partial charge on any atom is -0.495 e. The average molecular weight is 422 g/mol. The maximum absolute atomic E-state index is 12.5. The van der Waals surface area contributed by atoms with Crippen molar-refractivity contribution in [3.63, 3.8) is 0 Å². The van der Waals surface area contributed by atoms with Crippen LogP contribution in [0.4, 0.5) is 5.69 Å². The molecule has 0 bridgehead atoms. The first-order valence-corrected chi connectivity index (χ1v) is 10.8. The number of methoxy groups -OCH3 is 1. The Kier molecular flexibility index (Phi) is 5.78. The molecule has 0 unspecified atom stereocenters. The molecule has 2 aromatic heterocycles. The maximum atomic E-state index is 12.5. The number of carbonyl (C=O) groups is 1. The van der Waals surface area contributed by atoms with E-state index in [2.05, 4.69) is 34.3 Å². The summed E-state index contributed by atoms with van der Waals surface area (Å²) in [5.74, 6) is 0.766. The van der Waals surface area contributed by atoms with Crippen LogP contribution < -0.4 is 10.1 Å². The Balaban J connectivity index is 1.59. The molecule has 4 aromatic rings. The first kappa shape index (κ1) is 19.4. The lowest BCUT2D eigenvalue weighted by molar-refractivity contribution is -0.113. The highest BCUT2D eigenvalue weighted by atomic mass is 32.2. The SMILES string of the molecule is COc1ccccc1NC(=O)CSc1ncnc2sc(C)c(-c3ccccc3)c12. The van der Waals surface area contributed by atoms with E-state index in [0.29, 0.717) is 11.4 Å². The zero-order valence-electron chi connectivity index (χ0n) is 16.0. The smallest absolute Gasteiger partial charge is 0.234 e. The molecule has 0 saturated carbocycles. The number of aromatic nitrogens is 2. The highest BCUT2D eigenvalue weighted by Gasteiger charge is 2.18. The van der Waals surface area contributed by atoms with Crippen LogP contribution in [0.5, 0.6) is 5.75 Å². The van der Waals surface area contributed by atoms with Crippen molar-refractivity contribution in [1.29, 1.82) is 0 Å². The molecule has 0 radical (unpaired) electrons. The van der Waals surface area contributed by atoms with Gasteiger partial charge in [0.05, 0.1) is 23.9 Å². The van der Waals surface area contributed by atoms with Crippen LogP contribution in [0, 0.1) is 6.92 Å². The molecule has 0 aliphatic rings. The lowest BCUT2D eigenvalue weighted by Crippen LogP contribution is -2.14. The summed E-state index contributed by atoms with van der Waals surface area (Å²) in [5, 5.41) is 4.73. The van der Waals surface area contributed by atoms with E-state index >= 15 is 0 Å². The number of hydrogen-bond donors (Lipinski definition) is 1. The van der Waals surface area contributed by atoms with E-state index in [4.69, 9.17) is 4.74 Å². The fourth-order valence-electron chi connectivity index (χ4n) is 3.15. The van der Waals surface area contributed by atoms with Gasteiger partial charge in [0.25, 0.3) is 0 Å². The van der Waals surface area contributed by atoms with E-state index in [0.717, 1.165) is 26.4 Å². The second kappa shape index (κ2) is 8.63. The summed E-state index contributed by atoms with van der Waals surface area (Å²) in [6.07, 6.45) is 1.56. The third kappa shape index (κ3) is 4.11. The van der Waals surface area contributed by atoms with Crippen LogP contribution in [0.3, 0.4) is 0 Å². The topological polar surface area (TPSA) is 64.1 Å². The summed E-state index contributed by atoms with van der Waals surface area (Å²) in [6, 6.07) is 17.6. The number of anilines is 1. The summed E-state index contributed by atoms with van der Waals surface area (Å²) >= 11 is 3.06. The number of para-hydroxylation sites is 2. The van der Waals surface area contributed by atoms with Gasteiger partial charge in [0.2, 0.25) is 5.91 Å². The van der Waals surface area contributed by atoms with Crippen molar-refractivity contribution in [1.82, 2.24) is 9.97 Å². The summed E-state index contributed by atoms with van der Waals surface area (Å²) < 4.78 is 5.29. The molecule has 1 N–H and O–H groups in total. The number of thiophene rings is 1. The lowest BCUT2D eigenvalue weighted by Gasteiger charge is -2.10. The molecule has 0 fully saturated rings. The number of amides is 1. The molecule has 0 aliphatic heterocycles. The van der Waals surface area contributed by atoms with E-state index in [-0.39, 0.29) is 11.7 Å². The van der Waals surface area contributed by atoms with Gasteiger partial charge in [-0.05, 0) is 24.6 Å². The Bertz CT molecular complexity index is 1160. The Morgan fingerprint density at radius 1 is 1.10 bits per heavy atom. The second-order valence-corrected chi connectivity index (χ2v) is 8.46. The van der Waals surface area contributed by atoms with Crippen LogP contribution >= 0.6 is 23.1 Å². The predicted octanol–water partition coefficient (Wildman–Crippen LogP) is 5.41. The van der Waals surface area contributed by atoms with Crippen LogP contribution in [-0.4, -0.2) is 28.7 Å². The molecule has 2 heterocycles. The Labute approximate surface area is 177 Å². The minimum atomic E-state index is -0.112. The van der Waals surface area contributed by atoms with Crippen molar-refractivity contribution in [2.75, 3.05) is 18.2 Å². The molecular weight excluding hydrogens is 402 g/mol. The summed E-state index contributed by atoms with van der Waals surface area (Å²) in [4.78, 5) is 23.6. The molecule has 2 aromatic carbocycles. The molecule has 4 rings (SSSR count). The standard InChI is InChI=1S/C22H19N3O2S2/c1-14-19(15-8-4-3-5-9-15)20-21(23-13-24-22(20)29-14)28-12-18(26)25-16-10-6-7-11-17(16)27-2/h3-11,13H,12H2,1-2H3,(H,25,26). The van der Waals surface area contributed by atoms with Gasteiger partial charge >= 0.3 is 0 Å². The molecule has 0 saturated heterocycles. The monoisotopic (exact) mass is 421 g/mol. The van der Waals surface area contributed by atoms with Crippen molar-refractivity contribution in [3.05, 3.63) is 65.8 Å². The van der Waals surface area contributed by atoms with Crippen LogP contribution in [-0.2, 0) is 4.79 Å². The normalized spacial score (nSPS) is 10.8. The van der Waals surface area contributed by atoms with E-state index < -0.39 is 0 Å². The number of thioether (sulfide) groups is 1. The Hall–Kier alpha value is -2.90. The van der Waals surface area contributed by atoms with Gasteiger partial charge in [-0.3, -0.25) is 4.79 Å². The molecule has 29 heavy (non-hydrogen) atoms. The fraction of sp³-hybridized carbons (Fsp3) is 0.136. The van der Waals surface area contributed by atoms with Gasteiger partial charge in [0.1, 0.15) is 21.9 Å². The van der Waals surface area contributed by atoms with Gasteiger partial charge in [-0.25, -0.2) is 9.97 Å². The lowest BCUT2D eigenvalue weighted by atomic mass is 10.0. The zero-order chi connectivity index (χ0) is 20.2. The molecular formula is C22H19N3O2S2. The quantitative estimate of drug-likeness (QED) is 0.333. The molecule has 146 valence electrons. The Morgan fingerprint density at radius 2 is 1.86 bits per heavy atom. The van der Waals surface area contributed by atoms with Crippen molar-refractivity contribution < 1.29 is 9.53 Å². The fourth-order valence-corrected chi connectivity index (χ4v) is 5.03. The van der Waals surface area contributed by atoms with Crippen LogP contribution in [0.15, 0.2) is 66.0 Å². The zero-order valence-corrected chi connectivity index (χ0v) is 17.6. The van der Waals surface area contributed by atoms with E-state index in [9.17, 15) is 4.79 Å². The van der Waals surface area contributed by atoms with E-state index in [1.54, 1.807) is 24.8 Å². The molecule has 7 heteroatoms. The number of nitrogens with zero attached hydrogens (tertiary/aromatic N) is 2. The number of rotatable bonds is 6. The highest BCUT2D eigenvalue weighted by molar-refractivity contribution is 8.00. The van der Waals surface area contributed by atoms with Crippen molar-refractivity contribution in [3.8, 4) is 16.9 Å². The number of hydrogen-bond acceptors (Lipinski definition) is 6. The third-order valence-corrected chi connectivity index (χ3v) is 6.42. The van der Waals surface area contributed by atoms with Gasteiger partial charge in [-0.15, -0.1) is 11.3 Å². The first-order chi connectivity index (χ1) is 14.2. The van der Waals surface area contributed by atoms with Crippen LogP contribution in [0.2, 0.25) is 0 Å². The minimum absolute atomic E-state index is 0.112. The van der Waals surface area contributed by atoms with Gasteiger partial charge in [-0.2, -0.15) is 0 Å². The summed E-state index contributed by atoms with van der Waals surface area (Å²) in [5.41, 5.74) is 2.93. The number of ether oxygens (including phenoxy) is 1. The van der Waals surface area contributed by atoms with Crippen molar-refractivity contribution >= 4 is 44.9 Å². The number of nitrogens with one attached hydrogen (secondary N) is 1. The summed E-state index contributed by atoms with van der Waals surface area (Å²) in [6.45, 7) is 2.09. The van der Waals surface area contributed by atoms with Crippen molar-refractivity contribution in [2.45, 2.75) is 11.9 Å². The van der Waals surface area contributed by atoms with Gasteiger partial charge in [0.15, 0.2) is 0 Å². The van der Waals surface area contributed by atoms with E-state index in [1.165, 1.54) is 16.6 Å². The van der Waals surface area contributed by atoms with Crippen LogP contribution in [0.25, 0.3) is 21.3 Å². The number of benzene rings is 2. The second-order valence-electron chi connectivity index (χ2n) is 6.30. The molecule has 0 atom stereocenters. The Morgan fingerprint density at radius 3 is 2.66 bits per heavy atom. The maximum Gasteiger partial charge on any atom is 0.234 e. The summed E-state index contributed by atoms with van der Waals surface area (Å²) in [7, 11) is 1.58. The van der Waals surface area contributed by atoms with Crippen molar-refractivity contribution in [2.24, 2.45) is 0 Å². The average Bonchev–Trinajstić information content (AvgIpc) is 3.09. The molecule has 0 aliphatic carbocycles. The highest BCUT2D eigenvalue weighted by Crippen LogP contribution is 2.41. The number of fused-ring (bicyclic) bond motifs is 1. The molecule has 1 amide bonds. The van der Waals surface area contributed by atoms with Gasteiger partial charge < -0.3 is 10.1 Å². The molecule has 5 nitrogen and oxygen atoms in total. The largest absolute Gasteiger partial charge is 0.495 e. The number of aryl methyl sites for hydroxylation is 1. The van der Waals surface area contributed by atoms with Gasteiger partial charge in [-0.1, -0.05) is 54.2 Å². The third-order valence-electron chi connectivity index (χ3n) is 4.41. The van der Waals surface area contributed by atoms with Crippen LogP contribution in [0.1, 0.15) is 4.88 Å². The first-order valence-electron chi connectivity index (χ1n) is 9.02.